The zero-order valence-electron chi connectivity index (χ0n) is 15.2. The summed E-state index contributed by atoms with van der Waals surface area (Å²) in [5.41, 5.74) is 1.73. The molecule has 2 aromatic rings. The summed E-state index contributed by atoms with van der Waals surface area (Å²) in [7, 11) is 3.18. The van der Waals surface area contributed by atoms with Crippen LogP contribution in [0.1, 0.15) is 44.7 Å². The molecule has 5 nitrogen and oxygen atoms in total. The molecule has 1 aliphatic rings. The second-order valence-corrected chi connectivity index (χ2v) is 7.60. The van der Waals surface area contributed by atoms with Crippen LogP contribution in [0, 0.1) is 13.8 Å². The smallest absolute Gasteiger partial charge is 0.254 e. The Morgan fingerprint density at radius 1 is 1.12 bits per heavy atom. The van der Waals surface area contributed by atoms with Gasteiger partial charge in [-0.1, -0.05) is 0 Å². The predicted octanol–water partition coefficient (Wildman–Crippen LogP) is 3.80. The molecular formula is C19H24N2O3S. The van der Waals surface area contributed by atoms with Gasteiger partial charge in [0.25, 0.3) is 5.91 Å². The van der Waals surface area contributed by atoms with Gasteiger partial charge in [0.2, 0.25) is 0 Å². The number of hydrogen-bond donors (Lipinski definition) is 0. The van der Waals surface area contributed by atoms with Crippen LogP contribution in [0.25, 0.3) is 0 Å². The molecule has 0 unspecified atom stereocenters. The molecule has 2 heterocycles. The van der Waals surface area contributed by atoms with Crippen LogP contribution in [0.2, 0.25) is 0 Å². The highest BCUT2D eigenvalue weighted by Gasteiger charge is 2.27. The van der Waals surface area contributed by atoms with Crippen molar-refractivity contribution in [3.8, 4) is 11.5 Å². The Morgan fingerprint density at radius 2 is 1.72 bits per heavy atom. The van der Waals surface area contributed by atoms with E-state index in [1.807, 2.05) is 4.90 Å². The van der Waals surface area contributed by atoms with Crippen molar-refractivity contribution in [3.05, 3.63) is 39.3 Å². The van der Waals surface area contributed by atoms with E-state index in [9.17, 15) is 4.79 Å². The third kappa shape index (κ3) is 3.79. The van der Waals surface area contributed by atoms with E-state index in [0.29, 0.717) is 23.0 Å². The van der Waals surface area contributed by atoms with E-state index in [-0.39, 0.29) is 5.91 Å². The van der Waals surface area contributed by atoms with Crippen LogP contribution < -0.4 is 9.47 Å². The summed E-state index contributed by atoms with van der Waals surface area (Å²) in [6.07, 6.45) is 1.92. The molecule has 1 amide bonds. The second kappa shape index (κ2) is 7.44. The number of carbonyl (C=O) groups excluding carboxylic acids is 1. The van der Waals surface area contributed by atoms with Gasteiger partial charge in [-0.25, -0.2) is 4.98 Å². The first-order valence-electron chi connectivity index (χ1n) is 8.48. The Morgan fingerprint density at radius 3 is 2.20 bits per heavy atom. The molecule has 3 rings (SSSR count). The molecule has 1 aromatic heterocycles. The van der Waals surface area contributed by atoms with Crippen molar-refractivity contribution in [2.45, 2.75) is 32.6 Å². The number of amides is 1. The molecule has 1 saturated heterocycles. The Bertz CT molecular complexity index is 722. The van der Waals surface area contributed by atoms with E-state index in [0.717, 1.165) is 31.6 Å². The maximum atomic E-state index is 12.8. The lowest BCUT2D eigenvalue weighted by atomic mass is 9.97. The minimum atomic E-state index is 0.0298. The van der Waals surface area contributed by atoms with Gasteiger partial charge in [0.15, 0.2) is 0 Å². The molecule has 134 valence electrons. The molecule has 0 atom stereocenters. The lowest BCUT2D eigenvalue weighted by molar-refractivity contribution is 0.0712. The second-order valence-electron chi connectivity index (χ2n) is 6.36. The third-order valence-corrected chi connectivity index (χ3v) is 6.01. The summed E-state index contributed by atoms with van der Waals surface area (Å²) in [6, 6.07) is 5.31. The molecule has 0 radical (unpaired) electrons. The van der Waals surface area contributed by atoms with Gasteiger partial charge in [0.05, 0.1) is 24.9 Å². The number of benzene rings is 1. The van der Waals surface area contributed by atoms with Gasteiger partial charge in [-0.15, -0.1) is 11.3 Å². The number of methoxy groups -OCH3 is 2. The quantitative estimate of drug-likeness (QED) is 0.832. The van der Waals surface area contributed by atoms with Gasteiger partial charge in [-0.3, -0.25) is 4.79 Å². The Kier molecular flexibility index (Phi) is 5.27. The van der Waals surface area contributed by atoms with Crippen LogP contribution in [-0.2, 0) is 0 Å². The number of nitrogens with zero attached hydrogens (tertiary/aromatic N) is 2. The standard InChI is InChI=1S/C19H24N2O3S/c1-12-13(2)25-18(20-12)14-5-7-21(8-6-14)19(22)15-9-16(23-3)11-17(10-15)24-4/h9-11,14H,5-8H2,1-4H3. The van der Waals surface area contributed by atoms with Crippen LogP contribution in [0.3, 0.4) is 0 Å². The van der Waals surface area contributed by atoms with Crippen LogP contribution >= 0.6 is 11.3 Å². The topological polar surface area (TPSA) is 51.7 Å². The van der Waals surface area contributed by atoms with Crippen molar-refractivity contribution >= 4 is 17.2 Å². The van der Waals surface area contributed by atoms with Crippen molar-refractivity contribution in [3.63, 3.8) is 0 Å². The molecule has 1 aromatic carbocycles. The fourth-order valence-electron chi connectivity index (χ4n) is 3.12. The largest absolute Gasteiger partial charge is 0.497 e. The van der Waals surface area contributed by atoms with Crippen molar-refractivity contribution in [2.75, 3.05) is 27.3 Å². The first-order chi connectivity index (χ1) is 12.0. The maximum Gasteiger partial charge on any atom is 0.254 e. The molecule has 0 N–H and O–H groups in total. The average Bonchev–Trinajstić information content (AvgIpc) is 2.99. The minimum absolute atomic E-state index is 0.0298. The summed E-state index contributed by atoms with van der Waals surface area (Å²) in [5, 5.41) is 1.21. The SMILES string of the molecule is COc1cc(OC)cc(C(=O)N2CCC(c3nc(C)c(C)s3)CC2)c1. The molecular weight excluding hydrogens is 336 g/mol. The van der Waals surface area contributed by atoms with Crippen LogP contribution in [0.15, 0.2) is 18.2 Å². The number of hydrogen-bond acceptors (Lipinski definition) is 5. The fraction of sp³-hybridized carbons (Fsp3) is 0.474. The van der Waals surface area contributed by atoms with Gasteiger partial charge in [-0.2, -0.15) is 0 Å². The monoisotopic (exact) mass is 360 g/mol. The molecule has 0 aliphatic carbocycles. The number of aryl methyl sites for hydroxylation is 2. The average molecular weight is 360 g/mol. The number of rotatable bonds is 4. The summed E-state index contributed by atoms with van der Waals surface area (Å²) in [4.78, 5) is 20.7. The summed E-state index contributed by atoms with van der Waals surface area (Å²) in [6.45, 7) is 5.68. The maximum absolute atomic E-state index is 12.8. The molecule has 0 bridgehead atoms. The molecule has 25 heavy (non-hydrogen) atoms. The third-order valence-electron chi connectivity index (χ3n) is 4.77. The molecule has 1 aliphatic heterocycles. The molecule has 0 saturated carbocycles. The van der Waals surface area contributed by atoms with Crippen LogP contribution in [-0.4, -0.2) is 43.1 Å². The number of carbonyl (C=O) groups is 1. The molecule has 6 heteroatoms. The van der Waals surface area contributed by atoms with E-state index in [1.165, 1.54) is 9.88 Å². The molecule has 0 spiro atoms. The number of ether oxygens (including phenoxy) is 2. The van der Waals surface area contributed by atoms with E-state index in [4.69, 9.17) is 9.47 Å². The highest BCUT2D eigenvalue weighted by atomic mass is 32.1. The van der Waals surface area contributed by atoms with Crippen molar-refractivity contribution in [2.24, 2.45) is 0 Å². The highest BCUT2D eigenvalue weighted by Crippen LogP contribution is 2.33. The van der Waals surface area contributed by atoms with Crippen molar-refractivity contribution in [1.29, 1.82) is 0 Å². The zero-order chi connectivity index (χ0) is 18.0. The van der Waals surface area contributed by atoms with Gasteiger partial charge in [0.1, 0.15) is 11.5 Å². The first kappa shape index (κ1) is 17.7. The zero-order valence-corrected chi connectivity index (χ0v) is 16.0. The lowest BCUT2D eigenvalue weighted by Gasteiger charge is -2.31. The van der Waals surface area contributed by atoms with E-state index >= 15 is 0 Å². The highest BCUT2D eigenvalue weighted by molar-refractivity contribution is 7.11. The summed E-state index contributed by atoms with van der Waals surface area (Å²) < 4.78 is 10.5. The van der Waals surface area contributed by atoms with E-state index in [2.05, 4.69) is 18.8 Å². The van der Waals surface area contributed by atoms with E-state index in [1.54, 1.807) is 43.8 Å². The number of aromatic nitrogens is 1. The normalized spacial score (nSPS) is 15.3. The van der Waals surface area contributed by atoms with Gasteiger partial charge < -0.3 is 14.4 Å². The van der Waals surface area contributed by atoms with Crippen molar-refractivity contribution < 1.29 is 14.3 Å². The summed E-state index contributed by atoms with van der Waals surface area (Å²) in [5.74, 6) is 1.75. The Labute approximate surface area is 152 Å². The van der Waals surface area contributed by atoms with Gasteiger partial charge in [-0.05, 0) is 38.8 Å². The first-order valence-corrected chi connectivity index (χ1v) is 9.29. The lowest BCUT2D eigenvalue weighted by Crippen LogP contribution is -2.37. The number of likely N-dealkylation sites (tertiary alicyclic amines) is 1. The fourth-order valence-corrected chi connectivity index (χ4v) is 4.21. The van der Waals surface area contributed by atoms with E-state index < -0.39 is 0 Å². The minimum Gasteiger partial charge on any atom is -0.497 e. The van der Waals surface area contributed by atoms with Gasteiger partial charge in [0, 0.05) is 35.5 Å². The Balaban J connectivity index is 1.69. The van der Waals surface area contributed by atoms with Gasteiger partial charge >= 0.3 is 0 Å². The van der Waals surface area contributed by atoms with Crippen LogP contribution in [0.4, 0.5) is 0 Å². The Hall–Kier alpha value is -2.08. The number of piperidine rings is 1. The molecule has 1 fully saturated rings. The summed E-state index contributed by atoms with van der Waals surface area (Å²) >= 11 is 1.79. The van der Waals surface area contributed by atoms with Crippen molar-refractivity contribution in [1.82, 2.24) is 9.88 Å². The van der Waals surface area contributed by atoms with Crippen LogP contribution in [0.5, 0.6) is 11.5 Å². The number of thiazole rings is 1. The predicted molar refractivity (Wildman–Crippen MR) is 99.0 cm³/mol.